The SMILES string of the molecule is CN=C(NCCCN1CCN(C(=O)OC(C)(C)C)CC1)NCc1cc(C(C)C)no1.I. The monoisotopic (exact) mass is 550 g/mol. The van der Waals surface area contributed by atoms with Gasteiger partial charge in [-0.05, 0) is 39.7 Å². The van der Waals surface area contributed by atoms with E-state index in [-0.39, 0.29) is 30.1 Å². The quantitative estimate of drug-likeness (QED) is 0.233. The summed E-state index contributed by atoms with van der Waals surface area (Å²) in [5, 5.41) is 10.6. The van der Waals surface area contributed by atoms with Crippen molar-refractivity contribution in [3.05, 3.63) is 17.5 Å². The zero-order valence-corrected chi connectivity index (χ0v) is 22.1. The number of carbonyl (C=O) groups is 1. The van der Waals surface area contributed by atoms with Crippen LogP contribution in [0.4, 0.5) is 4.79 Å². The van der Waals surface area contributed by atoms with Crippen LogP contribution in [-0.4, -0.2) is 78.9 Å². The number of piperazine rings is 1. The standard InChI is InChI=1S/C21H38N6O3.HI/c1-16(2)18-14-17(30-25-18)15-24-19(22-6)23-8-7-9-26-10-12-27(13-11-26)20(28)29-21(3,4)5;/h14,16H,7-13,15H2,1-6H3,(H2,22,23,24);1H. The molecule has 9 nitrogen and oxygen atoms in total. The van der Waals surface area contributed by atoms with Gasteiger partial charge in [0.2, 0.25) is 0 Å². The Morgan fingerprint density at radius 3 is 2.48 bits per heavy atom. The normalized spacial score (nSPS) is 15.6. The van der Waals surface area contributed by atoms with Crippen molar-refractivity contribution < 1.29 is 14.1 Å². The molecule has 1 aromatic heterocycles. The third-order valence-electron chi connectivity index (χ3n) is 4.79. The molecule has 2 rings (SSSR count). The first kappa shape index (κ1) is 27.5. The molecule has 1 aliphatic rings. The van der Waals surface area contributed by atoms with Gasteiger partial charge in [0.05, 0.1) is 12.2 Å². The number of nitrogens with one attached hydrogen (secondary N) is 2. The van der Waals surface area contributed by atoms with Crippen LogP contribution < -0.4 is 10.6 Å². The van der Waals surface area contributed by atoms with E-state index in [1.165, 1.54) is 0 Å². The van der Waals surface area contributed by atoms with Gasteiger partial charge in [-0.3, -0.25) is 9.89 Å². The minimum atomic E-state index is -0.448. The van der Waals surface area contributed by atoms with Gasteiger partial charge >= 0.3 is 6.09 Å². The molecule has 178 valence electrons. The summed E-state index contributed by atoms with van der Waals surface area (Å²) >= 11 is 0. The van der Waals surface area contributed by atoms with E-state index in [2.05, 4.69) is 39.5 Å². The number of hydrogen-bond donors (Lipinski definition) is 2. The number of carbonyl (C=O) groups excluding carboxylic acids is 1. The van der Waals surface area contributed by atoms with E-state index in [1.807, 2.05) is 26.8 Å². The minimum Gasteiger partial charge on any atom is -0.444 e. The summed E-state index contributed by atoms with van der Waals surface area (Å²) in [4.78, 5) is 20.5. The second-order valence-corrected chi connectivity index (χ2v) is 8.89. The highest BCUT2D eigenvalue weighted by Gasteiger charge is 2.25. The molecule has 0 bridgehead atoms. The number of amides is 1. The van der Waals surface area contributed by atoms with Gasteiger partial charge in [0.1, 0.15) is 5.60 Å². The lowest BCUT2D eigenvalue weighted by molar-refractivity contribution is 0.0145. The molecule has 2 N–H and O–H groups in total. The molecule has 0 aromatic carbocycles. The largest absolute Gasteiger partial charge is 0.444 e. The predicted octanol–water partition coefficient (Wildman–Crippen LogP) is 3.02. The van der Waals surface area contributed by atoms with Gasteiger partial charge in [-0.25, -0.2) is 4.79 Å². The summed E-state index contributed by atoms with van der Waals surface area (Å²) < 4.78 is 10.8. The number of halogens is 1. The van der Waals surface area contributed by atoms with Gasteiger partial charge in [0, 0.05) is 45.8 Å². The molecule has 0 atom stereocenters. The first-order valence-corrected chi connectivity index (χ1v) is 10.8. The first-order chi connectivity index (χ1) is 14.2. The lowest BCUT2D eigenvalue weighted by Crippen LogP contribution is -2.50. The second kappa shape index (κ2) is 13.1. The fraction of sp³-hybridized carbons (Fsp3) is 0.762. The Morgan fingerprint density at radius 2 is 1.94 bits per heavy atom. The maximum atomic E-state index is 12.1. The molecule has 0 spiro atoms. The summed E-state index contributed by atoms with van der Waals surface area (Å²) in [6.07, 6.45) is 0.776. The number of hydrogen-bond acceptors (Lipinski definition) is 6. The van der Waals surface area contributed by atoms with E-state index in [0.717, 1.165) is 50.0 Å². The number of rotatable bonds is 7. The molecular weight excluding hydrogens is 511 g/mol. The minimum absolute atomic E-state index is 0. The average molecular weight is 550 g/mol. The molecule has 2 heterocycles. The smallest absolute Gasteiger partial charge is 0.410 e. The van der Waals surface area contributed by atoms with E-state index in [1.54, 1.807) is 11.9 Å². The lowest BCUT2D eigenvalue weighted by atomic mass is 10.1. The van der Waals surface area contributed by atoms with Crippen LogP contribution in [0.5, 0.6) is 0 Å². The number of aliphatic imine (C=N–C) groups is 1. The van der Waals surface area contributed by atoms with Gasteiger partial charge < -0.3 is 24.8 Å². The summed E-state index contributed by atoms with van der Waals surface area (Å²) in [5.74, 6) is 1.89. The summed E-state index contributed by atoms with van der Waals surface area (Å²) in [5.41, 5.74) is 0.512. The molecule has 0 saturated carbocycles. The van der Waals surface area contributed by atoms with Crippen LogP contribution >= 0.6 is 24.0 Å². The van der Waals surface area contributed by atoms with Crippen LogP contribution in [0, 0.1) is 0 Å². The van der Waals surface area contributed by atoms with E-state index < -0.39 is 5.60 Å². The maximum Gasteiger partial charge on any atom is 0.410 e. The van der Waals surface area contributed by atoms with Gasteiger partial charge in [0.15, 0.2) is 11.7 Å². The lowest BCUT2D eigenvalue weighted by Gasteiger charge is -2.35. The number of nitrogens with zero attached hydrogens (tertiary/aromatic N) is 4. The van der Waals surface area contributed by atoms with Crippen molar-refractivity contribution >= 4 is 36.0 Å². The molecule has 0 unspecified atom stereocenters. The molecule has 1 aromatic rings. The third-order valence-corrected chi connectivity index (χ3v) is 4.79. The topological polar surface area (TPSA) is 95.2 Å². The van der Waals surface area contributed by atoms with Crippen molar-refractivity contribution in [2.24, 2.45) is 4.99 Å². The van der Waals surface area contributed by atoms with Crippen LogP contribution in [0.2, 0.25) is 0 Å². The number of guanidine groups is 1. The van der Waals surface area contributed by atoms with Crippen LogP contribution in [0.15, 0.2) is 15.6 Å². The highest BCUT2D eigenvalue weighted by atomic mass is 127. The van der Waals surface area contributed by atoms with E-state index in [4.69, 9.17) is 9.26 Å². The zero-order chi connectivity index (χ0) is 22.1. The Labute approximate surface area is 203 Å². The Bertz CT molecular complexity index is 694. The molecule has 1 aliphatic heterocycles. The van der Waals surface area contributed by atoms with E-state index in [9.17, 15) is 4.79 Å². The zero-order valence-electron chi connectivity index (χ0n) is 19.7. The molecule has 0 aliphatic carbocycles. The van der Waals surface area contributed by atoms with Gasteiger partial charge in [-0.15, -0.1) is 24.0 Å². The molecule has 31 heavy (non-hydrogen) atoms. The van der Waals surface area contributed by atoms with Crippen molar-refractivity contribution in [2.45, 2.75) is 59.1 Å². The van der Waals surface area contributed by atoms with Crippen molar-refractivity contribution in [1.29, 1.82) is 0 Å². The van der Waals surface area contributed by atoms with Crippen LogP contribution in [0.25, 0.3) is 0 Å². The van der Waals surface area contributed by atoms with Crippen LogP contribution in [0.3, 0.4) is 0 Å². The maximum absolute atomic E-state index is 12.1. The van der Waals surface area contributed by atoms with Gasteiger partial charge in [-0.1, -0.05) is 19.0 Å². The van der Waals surface area contributed by atoms with Crippen molar-refractivity contribution in [2.75, 3.05) is 46.3 Å². The highest BCUT2D eigenvalue weighted by molar-refractivity contribution is 14.0. The first-order valence-electron chi connectivity index (χ1n) is 10.8. The van der Waals surface area contributed by atoms with Crippen molar-refractivity contribution in [3.8, 4) is 0 Å². The van der Waals surface area contributed by atoms with Crippen molar-refractivity contribution in [3.63, 3.8) is 0 Å². The summed E-state index contributed by atoms with van der Waals surface area (Å²) in [6, 6.07) is 1.97. The molecule has 1 saturated heterocycles. The predicted molar refractivity (Wildman–Crippen MR) is 133 cm³/mol. The van der Waals surface area contributed by atoms with Crippen LogP contribution in [0.1, 0.15) is 58.4 Å². The Balaban J connectivity index is 0.00000480. The fourth-order valence-electron chi connectivity index (χ4n) is 3.07. The van der Waals surface area contributed by atoms with Gasteiger partial charge in [0.25, 0.3) is 0 Å². The summed E-state index contributed by atoms with van der Waals surface area (Å²) in [6.45, 7) is 15.4. The molecule has 1 amide bonds. The Morgan fingerprint density at radius 1 is 1.26 bits per heavy atom. The van der Waals surface area contributed by atoms with E-state index in [0.29, 0.717) is 25.6 Å². The molecular formula is C21H39IN6O3. The number of ether oxygens (including phenoxy) is 1. The molecule has 0 radical (unpaired) electrons. The molecule has 1 fully saturated rings. The fourth-order valence-corrected chi connectivity index (χ4v) is 3.07. The summed E-state index contributed by atoms with van der Waals surface area (Å²) in [7, 11) is 1.76. The van der Waals surface area contributed by atoms with Crippen LogP contribution in [-0.2, 0) is 11.3 Å². The highest BCUT2D eigenvalue weighted by Crippen LogP contribution is 2.14. The average Bonchev–Trinajstić information content (AvgIpc) is 3.16. The Hall–Kier alpha value is -1.56. The Kier molecular flexibility index (Phi) is 11.6. The molecule has 10 heteroatoms. The number of aromatic nitrogens is 1. The van der Waals surface area contributed by atoms with Crippen molar-refractivity contribution in [1.82, 2.24) is 25.6 Å². The second-order valence-electron chi connectivity index (χ2n) is 8.89. The van der Waals surface area contributed by atoms with Gasteiger partial charge in [-0.2, -0.15) is 0 Å². The van der Waals surface area contributed by atoms with E-state index >= 15 is 0 Å². The third kappa shape index (κ3) is 10.1.